The number of benzene rings is 1. The average molecular weight is 398 g/mol. The van der Waals surface area contributed by atoms with Crippen LogP contribution >= 0.6 is 0 Å². The first-order chi connectivity index (χ1) is 14.0. The number of anilines is 2. The maximum atomic E-state index is 14.0. The minimum atomic E-state index is -0.243. The second-order valence-corrected chi connectivity index (χ2v) is 8.09. The number of halogens is 1. The number of aromatic amines is 1. The Bertz CT molecular complexity index is 976. The third kappa shape index (κ3) is 4.32. The molecular formula is C21H28FN7. The summed E-state index contributed by atoms with van der Waals surface area (Å²) in [7, 11) is 0. The van der Waals surface area contributed by atoms with Gasteiger partial charge in [0.05, 0.1) is 5.69 Å². The Labute approximate surface area is 169 Å². The number of nitrogens with zero attached hydrogens (tertiary/aromatic N) is 3. The van der Waals surface area contributed by atoms with Gasteiger partial charge in [-0.3, -0.25) is 5.10 Å². The number of hydrogen-bond acceptors (Lipinski definition) is 6. The molecule has 5 N–H and O–H groups in total. The van der Waals surface area contributed by atoms with Crippen molar-refractivity contribution in [2.24, 2.45) is 5.73 Å². The molecule has 29 heavy (non-hydrogen) atoms. The second kappa shape index (κ2) is 8.32. The molecule has 0 radical (unpaired) electrons. The molecule has 8 heteroatoms. The SMILES string of the molecule is CC(C)c1[nH]nc2c(NCc3ccccc3F)nc(NC3CCC(N)CC3)nc12. The highest BCUT2D eigenvalue weighted by Gasteiger charge is 2.21. The maximum Gasteiger partial charge on any atom is 0.225 e. The highest BCUT2D eigenvalue weighted by Crippen LogP contribution is 2.28. The fourth-order valence-electron chi connectivity index (χ4n) is 3.77. The zero-order chi connectivity index (χ0) is 20.4. The molecule has 154 valence electrons. The summed E-state index contributed by atoms with van der Waals surface area (Å²) in [6, 6.07) is 7.31. The van der Waals surface area contributed by atoms with E-state index in [1.54, 1.807) is 12.1 Å². The molecule has 7 nitrogen and oxygen atoms in total. The number of fused-ring (bicyclic) bond motifs is 1. The number of H-pyrrole nitrogens is 1. The van der Waals surface area contributed by atoms with Crippen molar-refractivity contribution in [2.75, 3.05) is 10.6 Å². The van der Waals surface area contributed by atoms with Crippen LogP contribution in [0.5, 0.6) is 0 Å². The molecule has 0 amide bonds. The van der Waals surface area contributed by atoms with E-state index in [9.17, 15) is 4.39 Å². The molecule has 0 saturated heterocycles. The van der Waals surface area contributed by atoms with E-state index >= 15 is 0 Å². The molecule has 1 aliphatic rings. The Kier molecular flexibility index (Phi) is 5.62. The van der Waals surface area contributed by atoms with Gasteiger partial charge in [0.25, 0.3) is 0 Å². The smallest absolute Gasteiger partial charge is 0.225 e. The molecule has 1 saturated carbocycles. The van der Waals surface area contributed by atoms with Crippen LogP contribution < -0.4 is 16.4 Å². The van der Waals surface area contributed by atoms with Gasteiger partial charge in [-0.05, 0) is 37.7 Å². The number of rotatable bonds is 6. The van der Waals surface area contributed by atoms with E-state index in [1.165, 1.54) is 6.07 Å². The van der Waals surface area contributed by atoms with E-state index in [0.717, 1.165) is 36.9 Å². The summed E-state index contributed by atoms with van der Waals surface area (Å²) in [5.74, 6) is 1.16. The molecule has 0 bridgehead atoms. The van der Waals surface area contributed by atoms with Gasteiger partial charge < -0.3 is 16.4 Å². The van der Waals surface area contributed by atoms with Gasteiger partial charge in [-0.1, -0.05) is 32.0 Å². The lowest BCUT2D eigenvalue weighted by Gasteiger charge is -2.26. The van der Waals surface area contributed by atoms with E-state index in [2.05, 4.69) is 39.7 Å². The van der Waals surface area contributed by atoms with E-state index in [0.29, 0.717) is 35.4 Å². The first-order valence-electron chi connectivity index (χ1n) is 10.3. The molecule has 0 aliphatic heterocycles. The molecular weight excluding hydrogens is 369 g/mol. The predicted molar refractivity (Wildman–Crippen MR) is 113 cm³/mol. The Balaban J connectivity index is 1.63. The summed E-state index contributed by atoms with van der Waals surface area (Å²) in [5, 5.41) is 14.2. The van der Waals surface area contributed by atoms with Gasteiger partial charge in [-0.25, -0.2) is 9.37 Å². The zero-order valence-electron chi connectivity index (χ0n) is 16.9. The van der Waals surface area contributed by atoms with E-state index in [1.807, 2.05) is 6.07 Å². The number of nitrogens with one attached hydrogen (secondary N) is 3. The van der Waals surface area contributed by atoms with Gasteiger partial charge in [0.15, 0.2) is 11.3 Å². The van der Waals surface area contributed by atoms with Crippen LogP contribution in [-0.2, 0) is 6.54 Å². The molecule has 1 fully saturated rings. The van der Waals surface area contributed by atoms with Crippen molar-refractivity contribution in [3.8, 4) is 0 Å². The fraction of sp³-hybridized carbons (Fsp3) is 0.476. The molecule has 4 rings (SSSR count). The normalized spacial score (nSPS) is 19.6. The van der Waals surface area contributed by atoms with Gasteiger partial charge in [0.2, 0.25) is 5.95 Å². The fourth-order valence-corrected chi connectivity index (χ4v) is 3.77. The van der Waals surface area contributed by atoms with E-state index < -0.39 is 0 Å². The van der Waals surface area contributed by atoms with Crippen molar-refractivity contribution in [1.29, 1.82) is 0 Å². The van der Waals surface area contributed by atoms with Crippen molar-refractivity contribution < 1.29 is 4.39 Å². The van der Waals surface area contributed by atoms with Crippen molar-refractivity contribution in [3.05, 3.63) is 41.3 Å². The Morgan fingerprint density at radius 2 is 1.90 bits per heavy atom. The highest BCUT2D eigenvalue weighted by atomic mass is 19.1. The van der Waals surface area contributed by atoms with Crippen molar-refractivity contribution in [2.45, 2.75) is 64.1 Å². The molecule has 1 aliphatic carbocycles. The zero-order valence-corrected chi connectivity index (χ0v) is 16.9. The molecule has 0 atom stereocenters. The minimum Gasteiger partial charge on any atom is -0.364 e. The third-order valence-corrected chi connectivity index (χ3v) is 5.51. The standard InChI is InChI=1S/C21H28FN7/c1-12(2)17-18-19(29-28-17)20(24-11-13-5-3-4-6-16(13)22)27-21(26-18)25-15-9-7-14(23)8-10-15/h3-6,12,14-15H,7-11,23H2,1-2H3,(H,28,29)(H2,24,25,26,27). The second-order valence-electron chi connectivity index (χ2n) is 8.09. The quantitative estimate of drug-likeness (QED) is 0.503. The highest BCUT2D eigenvalue weighted by molar-refractivity contribution is 5.88. The Morgan fingerprint density at radius 3 is 2.62 bits per heavy atom. The average Bonchev–Trinajstić information content (AvgIpc) is 3.13. The summed E-state index contributed by atoms with van der Waals surface area (Å²) >= 11 is 0. The first kappa shape index (κ1) is 19.6. The topological polar surface area (TPSA) is 105 Å². The summed E-state index contributed by atoms with van der Waals surface area (Å²) in [6.45, 7) is 4.51. The third-order valence-electron chi connectivity index (χ3n) is 5.51. The van der Waals surface area contributed by atoms with Gasteiger partial charge >= 0.3 is 0 Å². The summed E-state index contributed by atoms with van der Waals surface area (Å²) in [6.07, 6.45) is 4.01. The molecule has 0 spiro atoms. The molecule has 3 aromatic rings. The van der Waals surface area contributed by atoms with Crippen LogP contribution in [0.4, 0.5) is 16.2 Å². The van der Waals surface area contributed by atoms with Crippen LogP contribution in [0.25, 0.3) is 11.0 Å². The van der Waals surface area contributed by atoms with Crippen molar-refractivity contribution >= 4 is 22.8 Å². The minimum absolute atomic E-state index is 0.243. The Hall–Kier alpha value is -2.74. The molecule has 1 aromatic carbocycles. The van der Waals surface area contributed by atoms with Gasteiger partial charge in [-0.2, -0.15) is 10.1 Å². The van der Waals surface area contributed by atoms with Gasteiger partial charge in [-0.15, -0.1) is 0 Å². The van der Waals surface area contributed by atoms with Gasteiger partial charge in [0.1, 0.15) is 11.3 Å². The van der Waals surface area contributed by atoms with E-state index in [-0.39, 0.29) is 17.8 Å². The van der Waals surface area contributed by atoms with Crippen LogP contribution in [0.15, 0.2) is 24.3 Å². The molecule has 2 aromatic heterocycles. The van der Waals surface area contributed by atoms with Crippen LogP contribution in [0, 0.1) is 5.82 Å². The van der Waals surface area contributed by atoms with Crippen LogP contribution in [-0.4, -0.2) is 32.2 Å². The lowest BCUT2D eigenvalue weighted by molar-refractivity contribution is 0.410. The van der Waals surface area contributed by atoms with Crippen molar-refractivity contribution in [1.82, 2.24) is 20.2 Å². The summed E-state index contributed by atoms with van der Waals surface area (Å²) in [5.41, 5.74) is 9.02. The lowest BCUT2D eigenvalue weighted by atomic mass is 9.92. The van der Waals surface area contributed by atoms with Gasteiger partial charge in [0, 0.05) is 24.2 Å². The largest absolute Gasteiger partial charge is 0.364 e. The summed E-state index contributed by atoms with van der Waals surface area (Å²) < 4.78 is 14.0. The lowest BCUT2D eigenvalue weighted by Crippen LogP contribution is -2.33. The molecule has 0 unspecified atom stereocenters. The van der Waals surface area contributed by atoms with E-state index in [4.69, 9.17) is 10.7 Å². The van der Waals surface area contributed by atoms with Crippen LogP contribution in [0.1, 0.15) is 56.7 Å². The van der Waals surface area contributed by atoms with Crippen LogP contribution in [0.3, 0.4) is 0 Å². The predicted octanol–water partition coefficient (Wildman–Crippen LogP) is 3.91. The number of hydrogen-bond donors (Lipinski definition) is 4. The Morgan fingerprint density at radius 1 is 1.14 bits per heavy atom. The maximum absolute atomic E-state index is 14.0. The van der Waals surface area contributed by atoms with Crippen molar-refractivity contribution in [3.63, 3.8) is 0 Å². The first-order valence-corrected chi connectivity index (χ1v) is 10.3. The number of nitrogens with two attached hydrogens (primary N) is 1. The van der Waals surface area contributed by atoms with Crippen LogP contribution in [0.2, 0.25) is 0 Å². The molecule has 2 heterocycles. The monoisotopic (exact) mass is 397 g/mol. The summed E-state index contributed by atoms with van der Waals surface area (Å²) in [4.78, 5) is 9.40. The number of aromatic nitrogens is 4.